The lowest BCUT2D eigenvalue weighted by Gasteiger charge is -2.44. The van der Waals surface area contributed by atoms with Crippen molar-refractivity contribution in [2.24, 2.45) is 0 Å². The summed E-state index contributed by atoms with van der Waals surface area (Å²) in [5, 5.41) is 0.937. The number of ether oxygens (including phenoxy) is 1. The smallest absolute Gasteiger partial charge is 0.255 e. The zero-order valence-corrected chi connectivity index (χ0v) is 14.7. The van der Waals surface area contributed by atoms with Crippen LogP contribution in [0.15, 0.2) is 18.2 Å². The Hall–Kier alpha value is -0.810. The molecule has 0 saturated carbocycles. The second kappa shape index (κ2) is 7.64. The summed E-state index contributed by atoms with van der Waals surface area (Å²) in [6.45, 7) is 7.22. The monoisotopic (exact) mass is 344 g/mol. The van der Waals surface area contributed by atoms with Crippen LogP contribution in [-0.4, -0.2) is 61.1 Å². The van der Waals surface area contributed by atoms with Gasteiger partial charge in [0.15, 0.2) is 0 Å². The predicted octanol–water partition coefficient (Wildman–Crippen LogP) is 3.17. The number of carbonyl (C=O) groups is 1. The second-order valence-electron chi connectivity index (χ2n) is 5.76. The third-order valence-electron chi connectivity index (χ3n) is 4.10. The van der Waals surface area contributed by atoms with E-state index in [4.69, 9.17) is 27.9 Å². The zero-order valence-electron chi connectivity index (χ0n) is 13.2. The molecule has 0 bridgehead atoms. The number of carbonyl (C=O) groups excluding carboxylic acids is 1. The van der Waals surface area contributed by atoms with Crippen LogP contribution in [0.3, 0.4) is 0 Å². The van der Waals surface area contributed by atoms with Crippen molar-refractivity contribution in [3.8, 4) is 0 Å². The van der Waals surface area contributed by atoms with Crippen LogP contribution < -0.4 is 0 Å². The Labute approximate surface area is 141 Å². The fraction of sp³-hybridized carbons (Fsp3) is 0.562. The minimum atomic E-state index is -0.0354. The Balaban J connectivity index is 2.09. The molecule has 122 valence electrons. The molecule has 1 aromatic rings. The van der Waals surface area contributed by atoms with Gasteiger partial charge in [0.1, 0.15) is 0 Å². The normalized spacial score (nSPS) is 22.9. The fourth-order valence-corrected chi connectivity index (χ4v) is 3.48. The van der Waals surface area contributed by atoms with Crippen LogP contribution in [0.2, 0.25) is 10.0 Å². The van der Waals surface area contributed by atoms with Gasteiger partial charge in [-0.1, -0.05) is 23.2 Å². The summed E-state index contributed by atoms with van der Waals surface area (Å²) >= 11 is 12.0. The summed E-state index contributed by atoms with van der Waals surface area (Å²) in [7, 11) is 1.71. The standard InChI is InChI=1S/C16H22Cl2N2O2/c1-11-9-19(10-12(2)20(11)6-7-22-3)16(21)14-5-4-13(17)8-15(14)18/h4-5,8,11-12H,6-7,9-10H2,1-3H3. The fourth-order valence-electron chi connectivity index (χ4n) is 2.99. The molecular formula is C16H22Cl2N2O2. The Morgan fingerprint density at radius 3 is 2.45 bits per heavy atom. The molecule has 1 aliphatic rings. The maximum atomic E-state index is 12.7. The van der Waals surface area contributed by atoms with Crippen molar-refractivity contribution in [2.45, 2.75) is 25.9 Å². The highest BCUT2D eigenvalue weighted by molar-refractivity contribution is 6.36. The van der Waals surface area contributed by atoms with Gasteiger partial charge in [0.25, 0.3) is 5.91 Å². The van der Waals surface area contributed by atoms with Crippen LogP contribution in [-0.2, 0) is 4.74 Å². The molecule has 0 aliphatic carbocycles. The number of amides is 1. The van der Waals surface area contributed by atoms with Gasteiger partial charge >= 0.3 is 0 Å². The molecule has 1 saturated heterocycles. The first-order chi connectivity index (χ1) is 10.4. The quantitative estimate of drug-likeness (QED) is 0.840. The van der Waals surface area contributed by atoms with Crippen LogP contribution >= 0.6 is 23.2 Å². The maximum Gasteiger partial charge on any atom is 0.255 e. The highest BCUT2D eigenvalue weighted by atomic mass is 35.5. The van der Waals surface area contributed by atoms with Gasteiger partial charge in [0.2, 0.25) is 0 Å². The van der Waals surface area contributed by atoms with Crippen LogP contribution in [0, 0.1) is 0 Å². The Kier molecular flexibility index (Phi) is 6.09. The molecule has 2 unspecified atom stereocenters. The summed E-state index contributed by atoms with van der Waals surface area (Å²) in [5.74, 6) is -0.0354. The van der Waals surface area contributed by atoms with Crippen LogP contribution in [0.4, 0.5) is 0 Å². The first-order valence-corrected chi connectivity index (χ1v) is 8.18. The van der Waals surface area contributed by atoms with E-state index in [0.717, 1.165) is 6.54 Å². The summed E-state index contributed by atoms with van der Waals surface area (Å²) in [6.07, 6.45) is 0. The van der Waals surface area contributed by atoms with Gasteiger partial charge in [-0.15, -0.1) is 0 Å². The number of methoxy groups -OCH3 is 1. The van der Waals surface area contributed by atoms with E-state index in [-0.39, 0.29) is 18.0 Å². The molecule has 1 aliphatic heterocycles. The molecule has 0 aromatic heterocycles. The van der Waals surface area contributed by atoms with Crippen LogP contribution in [0.25, 0.3) is 0 Å². The van der Waals surface area contributed by atoms with Gasteiger partial charge in [-0.3, -0.25) is 9.69 Å². The number of benzene rings is 1. The van der Waals surface area contributed by atoms with Gasteiger partial charge in [-0.25, -0.2) is 0 Å². The third kappa shape index (κ3) is 3.93. The van der Waals surface area contributed by atoms with Gasteiger partial charge < -0.3 is 9.64 Å². The third-order valence-corrected chi connectivity index (χ3v) is 4.65. The molecular weight excluding hydrogens is 323 g/mol. The first-order valence-electron chi connectivity index (χ1n) is 7.43. The van der Waals surface area contributed by atoms with Crippen LogP contribution in [0.1, 0.15) is 24.2 Å². The van der Waals surface area contributed by atoms with Gasteiger partial charge in [-0.05, 0) is 32.0 Å². The number of rotatable bonds is 4. The van der Waals surface area contributed by atoms with Crippen molar-refractivity contribution in [1.29, 1.82) is 0 Å². The highest BCUT2D eigenvalue weighted by Gasteiger charge is 2.32. The molecule has 2 rings (SSSR count). The van der Waals surface area contributed by atoms with E-state index in [1.54, 1.807) is 25.3 Å². The average Bonchev–Trinajstić information content (AvgIpc) is 2.45. The summed E-state index contributed by atoms with van der Waals surface area (Å²) < 4.78 is 5.16. The van der Waals surface area contributed by atoms with Crippen molar-refractivity contribution >= 4 is 29.1 Å². The van der Waals surface area contributed by atoms with Gasteiger partial charge in [0, 0.05) is 43.9 Å². The Morgan fingerprint density at radius 1 is 1.27 bits per heavy atom. The second-order valence-corrected chi connectivity index (χ2v) is 6.61. The number of nitrogens with zero attached hydrogens (tertiary/aromatic N) is 2. The molecule has 0 N–H and O–H groups in total. The molecule has 4 nitrogen and oxygen atoms in total. The summed E-state index contributed by atoms with van der Waals surface area (Å²) in [4.78, 5) is 16.9. The molecule has 1 aromatic carbocycles. The Bertz CT molecular complexity index is 527. The summed E-state index contributed by atoms with van der Waals surface area (Å²) in [6, 6.07) is 5.57. The van der Waals surface area contributed by atoms with Crippen LogP contribution in [0.5, 0.6) is 0 Å². The lowest BCUT2D eigenvalue weighted by Crippen LogP contribution is -2.58. The van der Waals surface area contributed by atoms with E-state index in [2.05, 4.69) is 18.7 Å². The highest BCUT2D eigenvalue weighted by Crippen LogP contribution is 2.24. The van der Waals surface area contributed by atoms with E-state index in [9.17, 15) is 4.79 Å². The lowest BCUT2D eigenvalue weighted by atomic mass is 10.1. The molecule has 6 heteroatoms. The Morgan fingerprint density at radius 2 is 1.91 bits per heavy atom. The largest absolute Gasteiger partial charge is 0.383 e. The average molecular weight is 345 g/mol. The van der Waals surface area contributed by atoms with E-state index in [0.29, 0.717) is 35.3 Å². The van der Waals surface area contributed by atoms with E-state index in [1.807, 2.05) is 4.90 Å². The molecule has 0 radical (unpaired) electrons. The predicted molar refractivity (Wildman–Crippen MR) is 89.9 cm³/mol. The number of hydrogen-bond acceptors (Lipinski definition) is 3. The zero-order chi connectivity index (χ0) is 16.3. The van der Waals surface area contributed by atoms with E-state index < -0.39 is 0 Å². The minimum absolute atomic E-state index is 0.0354. The van der Waals surface area contributed by atoms with Crippen molar-refractivity contribution in [3.63, 3.8) is 0 Å². The molecule has 0 spiro atoms. The van der Waals surface area contributed by atoms with Gasteiger partial charge in [-0.2, -0.15) is 0 Å². The van der Waals surface area contributed by atoms with Crippen molar-refractivity contribution in [2.75, 3.05) is 33.4 Å². The topological polar surface area (TPSA) is 32.8 Å². The molecule has 1 amide bonds. The minimum Gasteiger partial charge on any atom is -0.383 e. The van der Waals surface area contributed by atoms with Crippen molar-refractivity contribution in [1.82, 2.24) is 9.80 Å². The van der Waals surface area contributed by atoms with E-state index in [1.165, 1.54) is 0 Å². The molecule has 1 fully saturated rings. The molecule has 1 heterocycles. The number of piperazine rings is 1. The number of hydrogen-bond donors (Lipinski definition) is 0. The van der Waals surface area contributed by atoms with Crippen molar-refractivity contribution in [3.05, 3.63) is 33.8 Å². The maximum absolute atomic E-state index is 12.7. The lowest BCUT2D eigenvalue weighted by molar-refractivity contribution is 0.0193. The first kappa shape index (κ1) is 17.5. The summed E-state index contributed by atoms with van der Waals surface area (Å²) in [5.41, 5.74) is 0.510. The van der Waals surface area contributed by atoms with Gasteiger partial charge in [0.05, 0.1) is 17.2 Å². The SMILES string of the molecule is COCCN1C(C)CN(C(=O)c2ccc(Cl)cc2Cl)CC1C. The molecule has 2 atom stereocenters. The molecule has 22 heavy (non-hydrogen) atoms. The number of halogens is 2. The van der Waals surface area contributed by atoms with Crippen molar-refractivity contribution < 1.29 is 9.53 Å². The van der Waals surface area contributed by atoms with E-state index >= 15 is 0 Å².